The number of rotatable bonds is 6. The van der Waals surface area contributed by atoms with Crippen LogP contribution in [-0.4, -0.2) is 56.1 Å². The zero-order chi connectivity index (χ0) is 19.4. The molecule has 3 rings (SSSR count). The summed E-state index contributed by atoms with van der Waals surface area (Å²) in [5.41, 5.74) is 2.76. The molecule has 1 saturated carbocycles. The van der Waals surface area contributed by atoms with Gasteiger partial charge in [-0.05, 0) is 36.3 Å². The molecule has 1 aliphatic heterocycles. The quantitative estimate of drug-likeness (QED) is 0.587. The molecule has 2 unspecified atom stereocenters. The molecule has 0 aromatic heterocycles. The van der Waals surface area contributed by atoms with E-state index in [2.05, 4.69) is 53.7 Å². The van der Waals surface area contributed by atoms with Crippen molar-refractivity contribution in [2.24, 2.45) is 4.99 Å². The summed E-state index contributed by atoms with van der Waals surface area (Å²) in [5, 5.41) is 6.99. The summed E-state index contributed by atoms with van der Waals surface area (Å²) >= 11 is 0. The van der Waals surface area contributed by atoms with Gasteiger partial charge in [-0.15, -0.1) is 0 Å². The Morgan fingerprint density at radius 3 is 2.37 bits per heavy atom. The van der Waals surface area contributed by atoms with Crippen LogP contribution >= 0.6 is 0 Å². The summed E-state index contributed by atoms with van der Waals surface area (Å²) in [4.78, 5) is 6.20. The first-order chi connectivity index (χ1) is 13.0. The monoisotopic (exact) mass is 378 g/mol. The van der Waals surface area contributed by atoms with E-state index in [4.69, 9.17) is 0 Å². The fourth-order valence-electron chi connectivity index (χ4n) is 3.85. The second-order valence-electron chi connectivity index (χ2n) is 8.10. The minimum Gasteiger partial charge on any atom is -0.354 e. The van der Waals surface area contributed by atoms with Gasteiger partial charge in [0.05, 0.1) is 6.54 Å². The van der Waals surface area contributed by atoms with Gasteiger partial charge in [0.25, 0.3) is 6.43 Å². The number of likely N-dealkylation sites (tertiary alicyclic amines) is 1. The lowest BCUT2D eigenvalue weighted by molar-refractivity contribution is 0.0744. The lowest BCUT2D eigenvalue weighted by Crippen LogP contribution is -2.49. The molecular formula is C21H32F2N4. The Bertz CT molecular complexity index is 622. The van der Waals surface area contributed by atoms with Gasteiger partial charge >= 0.3 is 0 Å². The summed E-state index contributed by atoms with van der Waals surface area (Å²) in [6.45, 7) is 5.74. The molecule has 1 heterocycles. The van der Waals surface area contributed by atoms with Crippen molar-refractivity contribution in [3.8, 4) is 0 Å². The van der Waals surface area contributed by atoms with Gasteiger partial charge in [0.15, 0.2) is 5.96 Å². The van der Waals surface area contributed by atoms with E-state index in [9.17, 15) is 8.78 Å². The minimum atomic E-state index is -2.25. The molecule has 150 valence electrons. The number of hydrogen-bond acceptors (Lipinski definition) is 2. The lowest BCUT2D eigenvalue weighted by Gasteiger charge is -2.32. The van der Waals surface area contributed by atoms with Crippen LogP contribution in [0.4, 0.5) is 8.78 Å². The molecule has 1 aromatic carbocycles. The van der Waals surface area contributed by atoms with Gasteiger partial charge in [-0.25, -0.2) is 8.78 Å². The van der Waals surface area contributed by atoms with E-state index in [0.717, 1.165) is 25.2 Å². The van der Waals surface area contributed by atoms with Crippen molar-refractivity contribution in [2.45, 2.75) is 63.5 Å². The first-order valence-corrected chi connectivity index (χ1v) is 10.1. The van der Waals surface area contributed by atoms with Gasteiger partial charge in [-0.1, -0.05) is 38.1 Å². The van der Waals surface area contributed by atoms with E-state index in [1.807, 2.05) is 4.90 Å². The van der Waals surface area contributed by atoms with Crippen molar-refractivity contribution in [2.75, 3.05) is 26.7 Å². The molecule has 4 nitrogen and oxygen atoms in total. The molecule has 1 aromatic rings. The van der Waals surface area contributed by atoms with Crippen molar-refractivity contribution in [1.29, 1.82) is 0 Å². The second kappa shape index (κ2) is 9.00. The number of halogens is 2. The zero-order valence-electron chi connectivity index (χ0n) is 16.6. The molecular weight excluding hydrogens is 346 g/mol. The summed E-state index contributed by atoms with van der Waals surface area (Å²) in [6.07, 6.45) is 0.621. The van der Waals surface area contributed by atoms with Crippen molar-refractivity contribution >= 4 is 5.96 Å². The van der Waals surface area contributed by atoms with Crippen molar-refractivity contribution in [3.05, 3.63) is 35.4 Å². The predicted molar refractivity (Wildman–Crippen MR) is 107 cm³/mol. The Kier molecular flexibility index (Phi) is 6.68. The number of hydrogen-bond donors (Lipinski definition) is 2. The minimum absolute atomic E-state index is 0.112. The maximum atomic E-state index is 12.5. The van der Waals surface area contributed by atoms with E-state index in [-0.39, 0.29) is 6.54 Å². The van der Waals surface area contributed by atoms with Crippen LogP contribution in [0.3, 0.4) is 0 Å². The molecule has 27 heavy (non-hydrogen) atoms. The van der Waals surface area contributed by atoms with E-state index >= 15 is 0 Å². The molecule has 2 atom stereocenters. The molecule has 2 fully saturated rings. The average Bonchev–Trinajstić information content (AvgIpc) is 3.41. The third kappa shape index (κ3) is 5.64. The second-order valence-corrected chi connectivity index (χ2v) is 8.10. The molecule has 2 aliphatic rings. The summed E-state index contributed by atoms with van der Waals surface area (Å²) < 4.78 is 25.0. The number of piperidine rings is 1. The normalized spacial score (nSPS) is 24.5. The van der Waals surface area contributed by atoms with Gasteiger partial charge in [0, 0.05) is 38.1 Å². The average molecular weight is 379 g/mol. The van der Waals surface area contributed by atoms with Gasteiger partial charge in [0.1, 0.15) is 0 Å². The highest BCUT2D eigenvalue weighted by Crippen LogP contribution is 2.41. The smallest absolute Gasteiger partial charge is 0.251 e. The maximum absolute atomic E-state index is 12.5. The Morgan fingerprint density at radius 2 is 1.81 bits per heavy atom. The number of aliphatic imine (C=N–C) groups is 1. The molecule has 0 bridgehead atoms. The Morgan fingerprint density at radius 1 is 1.15 bits per heavy atom. The van der Waals surface area contributed by atoms with Gasteiger partial charge in [0.2, 0.25) is 0 Å². The van der Waals surface area contributed by atoms with Crippen LogP contribution in [0, 0.1) is 0 Å². The van der Waals surface area contributed by atoms with Gasteiger partial charge in [-0.3, -0.25) is 9.89 Å². The molecule has 1 saturated heterocycles. The number of guanidine groups is 1. The third-order valence-corrected chi connectivity index (χ3v) is 5.69. The van der Waals surface area contributed by atoms with Crippen molar-refractivity contribution in [3.63, 3.8) is 0 Å². The van der Waals surface area contributed by atoms with Crippen molar-refractivity contribution in [1.82, 2.24) is 15.5 Å². The van der Waals surface area contributed by atoms with Crippen LogP contribution in [0.5, 0.6) is 0 Å². The topological polar surface area (TPSA) is 39.7 Å². The van der Waals surface area contributed by atoms with E-state index in [0.29, 0.717) is 37.0 Å². The number of benzene rings is 1. The van der Waals surface area contributed by atoms with Crippen LogP contribution in [0.1, 0.15) is 56.1 Å². The van der Waals surface area contributed by atoms with E-state index in [1.165, 1.54) is 11.1 Å². The molecule has 0 amide bonds. The zero-order valence-corrected chi connectivity index (χ0v) is 16.6. The first kappa shape index (κ1) is 20.1. The Labute approximate surface area is 161 Å². The van der Waals surface area contributed by atoms with Crippen LogP contribution in [0.25, 0.3) is 0 Å². The van der Waals surface area contributed by atoms with E-state index < -0.39 is 6.43 Å². The molecule has 0 spiro atoms. The Hall–Kier alpha value is -1.69. The van der Waals surface area contributed by atoms with Crippen molar-refractivity contribution < 1.29 is 8.78 Å². The highest BCUT2D eigenvalue weighted by atomic mass is 19.3. The number of alkyl halides is 2. The number of nitrogens with zero attached hydrogens (tertiary/aromatic N) is 2. The molecule has 0 radical (unpaired) electrons. The fraction of sp³-hybridized carbons (Fsp3) is 0.667. The Balaban J connectivity index is 1.44. The summed E-state index contributed by atoms with van der Waals surface area (Å²) in [6, 6.07) is 9.67. The summed E-state index contributed by atoms with van der Waals surface area (Å²) in [7, 11) is 1.79. The molecule has 6 heteroatoms. The lowest BCUT2D eigenvalue weighted by atomic mass is 10.0. The SMILES string of the molecule is CN=C(NC1CCN(CC(F)F)CC1)NC1CC1c1ccc(C(C)C)cc1. The van der Waals surface area contributed by atoms with E-state index in [1.54, 1.807) is 7.05 Å². The molecule has 1 aliphatic carbocycles. The van der Waals surface area contributed by atoms with Crippen LogP contribution in [0.2, 0.25) is 0 Å². The predicted octanol–water partition coefficient (Wildman–Crippen LogP) is 3.56. The fourth-order valence-corrected chi connectivity index (χ4v) is 3.85. The number of nitrogens with one attached hydrogen (secondary N) is 2. The maximum Gasteiger partial charge on any atom is 0.251 e. The first-order valence-electron chi connectivity index (χ1n) is 10.1. The van der Waals surface area contributed by atoms with Gasteiger partial charge < -0.3 is 10.6 Å². The highest BCUT2D eigenvalue weighted by Gasteiger charge is 2.39. The molecule has 2 N–H and O–H groups in total. The largest absolute Gasteiger partial charge is 0.354 e. The summed E-state index contributed by atoms with van der Waals surface area (Å²) in [5.74, 6) is 1.92. The van der Waals surface area contributed by atoms with Gasteiger partial charge in [-0.2, -0.15) is 0 Å². The van der Waals surface area contributed by atoms with Crippen LogP contribution < -0.4 is 10.6 Å². The van der Waals surface area contributed by atoms with Crippen LogP contribution in [0.15, 0.2) is 29.3 Å². The highest BCUT2D eigenvalue weighted by molar-refractivity contribution is 5.80. The third-order valence-electron chi connectivity index (χ3n) is 5.69. The van der Waals surface area contributed by atoms with Crippen LogP contribution in [-0.2, 0) is 0 Å². The standard InChI is InChI=1S/C21H32F2N4/c1-14(2)15-4-6-16(7-5-15)18-12-19(18)26-21(24-3)25-17-8-10-27(11-9-17)13-20(22)23/h4-7,14,17-20H,8-13H2,1-3H3,(H2,24,25,26).